The normalized spacial score (nSPS) is 17.3. The van der Waals surface area contributed by atoms with Crippen molar-refractivity contribution in [3.63, 3.8) is 0 Å². The van der Waals surface area contributed by atoms with Crippen LogP contribution >= 0.6 is 0 Å². The molecule has 3 N–H and O–H groups in total. The van der Waals surface area contributed by atoms with Gasteiger partial charge in [-0.15, -0.1) is 0 Å². The molecule has 0 aliphatic heterocycles. The van der Waals surface area contributed by atoms with E-state index < -0.39 is 0 Å². The van der Waals surface area contributed by atoms with Gasteiger partial charge >= 0.3 is 0 Å². The highest BCUT2D eigenvalue weighted by atomic mass is 16.1. The molecule has 4 nitrogen and oxygen atoms in total. The Morgan fingerprint density at radius 3 is 2.85 bits per heavy atom. The molecule has 1 atom stereocenters. The summed E-state index contributed by atoms with van der Waals surface area (Å²) in [6.07, 6.45) is 5.94. The lowest BCUT2D eigenvalue weighted by Gasteiger charge is -2.25. The van der Waals surface area contributed by atoms with E-state index in [0.717, 1.165) is 19.3 Å². The molecule has 1 aromatic heterocycles. The van der Waals surface area contributed by atoms with Crippen LogP contribution in [0.3, 0.4) is 0 Å². The van der Waals surface area contributed by atoms with Gasteiger partial charge in [0.1, 0.15) is 0 Å². The van der Waals surface area contributed by atoms with E-state index >= 15 is 0 Å². The number of benzene rings is 1. The number of nitrogens with one attached hydrogen (secondary N) is 1. The van der Waals surface area contributed by atoms with E-state index in [2.05, 4.69) is 28.5 Å². The number of aryl methyl sites for hydroxylation is 1. The molecule has 4 heteroatoms. The lowest BCUT2D eigenvalue weighted by Crippen LogP contribution is -2.39. The Bertz CT molecular complexity index is 639. The van der Waals surface area contributed by atoms with Gasteiger partial charge in [-0.1, -0.05) is 24.3 Å². The molecule has 1 aromatic carbocycles. The Labute approximate surface area is 118 Å². The molecule has 1 amide bonds. The van der Waals surface area contributed by atoms with E-state index in [-0.39, 0.29) is 11.9 Å². The predicted octanol–water partition coefficient (Wildman–Crippen LogP) is 1.95. The van der Waals surface area contributed by atoms with Crippen molar-refractivity contribution in [1.82, 2.24) is 10.3 Å². The van der Waals surface area contributed by atoms with E-state index in [9.17, 15) is 4.79 Å². The highest BCUT2D eigenvalue weighted by molar-refractivity contribution is 5.98. The molecule has 2 aromatic rings. The maximum atomic E-state index is 12.2. The zero-order valence-electron chi connectivity index (χ0n) is 11.2. The summed E-state index contributed by atoms with van der Waals surface area (Å²) in [7, 11) is 0. The molecule has 0 saturated heterocycles. The summed E-state index contributed by atoms with van der Waals surface area (Å²) in [6, 6.07) is 10.2. The third-order valence-corrected chi connectivity index (χ3v) is 3.78. The fraction of sp³-hybridized carbons (Fsp3) is 0.250. The minimum absolute atomic E-state index is 0.139. The first-order valence-electron chi connectivity index (χ1n) is 6.81. The third kappa shape index (κ3) is 2.50. The van der Waals surface area contributed by atoms with E-state index in [1.54, 1.807) is 12.3 Å². The van der Waals surface area contributed by atoms with Crippen LogP contribution in [0.15, 0.2) is 42.7 Å². The van der Waals surface area contributed by atoms with Gasteiger partial charge in [0.15, 0.2) is 0 Å². The van der Waals surface area contributed by atoms with Crippen molar-refractivity contribution in [3.8, 4) is 0 Å². The Balaban J connectivity index is 1.71. The Morgan fingerprint density at radius 1 is 1.25 bits per heavy atom. The molecule has 102 valence electrons. The van der Waals surface area contributed by atoms with Gasteiger partial charge in [-0.2, -0.15) is 0 Å². The zero-order valence-corrected chi connectivity index (χ0v) is 11.2. The van der Waals surface area contributed by atoms with E-state index in [0.29, 0.717) is 11.3 Å². The second-order valence-electron chi connectivity index (χ2n) is 5.14. The number of anilines is 1. The topological polar surface area (TPSA) is 68.0 Å². The third-order valence-electron chi connectivity index (χ3n) is 3.78. The van der Waals surface area contributed by atoms with Gasteiger partial charge in [-0.25, -0.2) is 0 Å². The van der Waals surface area contributed by atoms with Gasteiger partial charge in [0.2, 0.25) is 0 Å². The SMILES string of the molecule is Nc1ccncc1C(=O)NC1CCc2ccccc2C1. The Kier molecular flexibility index (Phi) is 3.37. The molecule has 0 fully saturated rings. The first kappa shape index (κ1) is 12.7. The smallest absolute Gasteiger partial charge is 0.255 e. The van der Waals surface area contributed by atoms with Crippen molar-refractivity contribution < 1.29 is 4.79 Å². The minimum Gasteiger partial charge on any atom is -0.398 e. The maximum Gasteiger partial charge on any atom is 0.255 e. The van der Waals surface area contributed by atoms with Crippen LogP contribution in [0.25, 0.3) is 0 Å². The van der Waals surface area contributed by atoms with Crippen molar-refractivity contribution >= 4 is 11.6 Å². The fourth-order valence-electron chi connectivity index (χ4n) is 2.68. The fourth-order valence-corrected chi connectivity index (χ4v) is 2.68. The van der Waals surface area contributed by atoms with Crippen molar-refractivity contribution in [2.45, 2.75) is 25.3 Å². The zero-order chi connectivity index (χ0) is 13.9. The second-order valence-corrected chi connectivity index (χ2v) is 5.14. The summed E-state index contributed by atoms with van der Waals surface area (Å²) in [4.78, 5) is 16.2. The highest BCUT2D eigenvalue weighted by Gasteiger charge is 2.21. The highest BCUT2D eigenvalue weighted by Crippen LogP contribution is 2.21. The van der Waals surface area contributed by atoms with Gasteiger partial charge in [0.05, 0.1) is 5.56 Å². The standard InChI is InChI=1S/C16H17N3O/c17-15-7-8-18-10-14(15)16(20)19-13-6-5-11-3-1-2-4-12(11)9-13/h1-4,7-8,10,13H,5-6,9H2,(H2,17,18)(H,19,20). The maximum absolute atomic E-state index is 12.2. The van der Waals surface area contributed by atoms with Crippen LogP contribution in [0.2, 0.25) is 0 Å². The number of aromatic nitrogens is 1. The quantitative estimate of drug-likeness (QED) is 0.874. The molecule has 20 heavy (non-hydrogen) atoms. The molecular formula is C16H17N3O. The predicted molar refractivity (Wildman–Crippen MR) is 78.4 cm³/mol. The van der Waals surface area contributed by atoms with E-state index in [1.165, 1.54) is 17.3 Å². The van der Waals surface area contributed by atoms with Gasteiger partial charge in [0.25, 0.3) is 5.91 Å². The summed E-state index contributed by atoms with van der Waals surface area (Å²) < 4.78 is 0. The molecular weight excluding hydrogens is 250 g/mol. The van der Waals surface area contributed by atoms with Crippen LogP contribution in [0, 0.1) is 0 Å². The molecule has 1 aliphatic rings. The number of nitrogens with two attached hydrogens (primary N) is 1. The molecule has 0 bridgehead atoms. The number of amides is 1. The average molecular weight is 267 g/mol. The number of pyridine rings is 1. The number of nitrogens with zero attached hydrogens (tertiary/aromatic N) is 1. The van der Waals surface area contributed by atoms with Crippen LogP contribution in [-0.4, -0.2) is 16.9 Å². The lowest BCUT2D eigenvalue weighted by molar-refractivity contribution is 0.0934. The van der Waals surface area contributed by atoms with Crippen molar-refractivity contribution in [1.29, 1.82) is 0 Å². The van der Waals surface area contributed by atoms with Crippen molar-refractivity contribution in [2.75, 3.05) is 5.73 Å². The van der Waals surface area contributed by atoms with Gasteiger partial charge in [0, 0.05) is 24.1 Å². The van der Waals surface area contributed by atoms with Gasteiger partial charge in [-0.3, -0.25) is 9.78 Å². The summed E-state index contributed by atoms with van der Waals surface area (Å²) in [5, 5.41) is 3.06. The molecule has 1 aliphatic carbocycles. The first-order chi connectivity index (χ1) is 9.74. The summed E-state index contributed by atoms with van der Waals surface area (Å²) in [5.41, 5.74) is 9.43. The van der Waals surface area contributed by atoms with Crippen LogP contribution in [-0.2, 0) is 12.8 Å². The van der Waals surface area contributed by atoms with Crippen molar-refractivity contribution in [2.24, 2.45) is 0 Å². The minimum atomic E-state index is -0.139. The Morgan fingerprint density at radius 2 is 2.05 bits per heavy atom. The Hall–Kier alpha value is -2.36. The van der Waals surface area contributed by atoms with Gasteiger partial charge < -0.3 is 11.1 Å². The monoisotopic (exact) mass is 267 g/mol. The number of fused-ring (bicyclic) bond motifs is 1. The van der Waals surface area contributed by atoms with Crippen LogP contribution in [0.5, 0.6) is 0 Å². The first-order valence-corrected chi connectivity index (χ1v) is 6.81. The summed E-state index contributed by atoms with van der Waals surface area (Å²) in [5.74, 6) is -0.139. The number of rotatable bonds is 2. The van der Waals surface area contributed by atoms with E-state index in [1.807, 2.05) is 6.07 Å². The van der Waals surface area contributed by atoms with Gasteiger partial charge in [-0.05, 0) is 36.5 Å². The largest absolute Gasteiger partial charge is 0.398 e. The number of nitrogen functional groups attached to an aromatic ring is 1. The number of carbonyl (C=O) groups excluding carboxylic acids is 1. The van der Waals surface area contributed by atoms with E-state index in [4.69, 9.17) is 5.73 Å². The lowest BCUT2D eigenvalue weighted by atomic mass is 9.88. The average Bonchev–Trinajstić information content (AvgIpc) is 2.47. The number of hydrogen-bond donors (Lipinski definition) is 2. The van der Waals surface area contributed by atoms with Crippen LogP contribution in [0.4, 0.5) is 5.69 Å². The van der Waals surface area contributed by atoms with Crippen LogP contribution in [0.1, 0.15) is 27.9 Å². The van der Waals surface area contributed by atoms with Crippen LogP contribution < -0.4 is 11.1 Å². The molecule has 0 saturated carbocycles. The number of hydrogen-bond acceptors (Lipinski definition) is 3. The van der Waals surface area contributed by atoms with Crippen molar-refractivity contribution in [3.05, 3.63) is 59.4 Å². The molecule has 3 rings (SSSR count). The molecule has 1 unspecified atom stereocenters. The molecule has 0 radical (unpaired) electrons. The number of carbonyl (C=O) groups is 1. The molecule has 0 spiro atoms. The second kappa shape index (κ2) is 5.33. The summed E-state index contributed by atoms with van der Waals surface area (Å²) in [6.45, 7) is 0. The summed E-state index contributed by atoms with van der Waals surface area (Å²) >= 11 is 0. The molecule has 1 heterocycles.